The lowest BCUT2D eigenvalue weighted by atomic mass is 9.91. The Bertz CT molecular complexity index is 1690. The van der Waals surface area contributed by atoms with Gasteiger partial charge in [0.25, 0.3) is 5.91 Å². The number of rotatable bonds is 15. The van der Waals surface area contributed by atoms with Crippen molar-refractivity contribution in [2.75, 3.05) is 54.2 Å². The summed E-state index contributed by atoms with van der Waals surface area (Å²) in [4.78, 5) is 33.0. The molecule has 48 heavy (non-hydrogen) atoms. The number of para-hydroxylation sites is 1. The summed E-state index contributed by atoms with van der Waals surface area (Å²) < 4.78 is 45.8. The number of ether oxygens (including phenoxy) is 8. The van der Waals surface area contributed by atoms with Gasteiger partial charge < -0.3 is 53.2 Å². The molecule has 1 unspecified atom stereocenters. The Morgan fingerprint density at radius 1 is 0.917 bits per heavy atom. The Kier molecular flexibility index (Phi) is 11.7. The molecule has 0 spiro atoms. The molecule has 0 radical (unpaired) electrons. The molecule has 2 aliphatic rings. The van der Waals surface area contributed by atoms with Gasteiger partial charge in [0, 0.05) is 17.5 Å². The van der Waals surface area contributed by atoms with Gasteiger partial charge in [-0.1, -0.05) is 23.4 Å². The number of nitrogens with zero attached hydrogens (tertiary/aromatic N) is 1. The van der Waals surface area contributed by atoms with E-state index in [1.54, 1.807) is 6.92 Å². The lowest BCUT2D eigenvalue weighted by Gasteiger charge is -2.22. The van der Waals surface area contributed by atoms with Crippen LogP contribution in [0.2, 0.25) is 0 Å². The second-order valence-electron chi connectivity index (χ2n) is 9.91. The summed E-state index contributed by atoms with van der Waals surface area (Å²) in [6.45, 7) is 1.44. The van der Waals surface area contributed by atoms with Crippen molar-refractivity contribution < 1.29 is 57.4 Å². The number of benzene rings is 3. The fourth-order valence-corrected chi connectivity index (χ4v) is 6.38. The van der Waals surface area contributed by atoms with E-state index in [-0.39, 0.29) is 92.5 Å². The first-order chi connectivity index (χ1) is 23.4. The molecule has 0 aromatic heterocycles. The molecule has 0 fully saturated rings. The maximum absolute atomic E-state index is 14.2. The smallest absolute Gasteiger partial charge is 0.340 e. The Balaban J connectivity index is 1.50. The van der Waals surface area contributed by atoms with Crippen molar-refractivity contribution in [1.29, 1.82) is 0 Å². The number of oxime groups is 1. The molecule has 0 bridgehead atoms. The van der Waals surface area contributed by atoms with Gasteiger partial charge in [-0.3, -0.25) is 4.79 Å². The first-order valence-corrected chi connectivity index (χ1v) is 16.2. The zero-order chi connectivity index (χ0) is 34.2. The van der Waals surface area contributed by atoms with E-state index in [0.717, 1.165) is 5.75 Å². The van der Waals surface area contributed by atoms with E-state index < -0.39 is 24.5 Å². The maximum Gasteiger partial charge on any atom is 0.340 e. The lowest BCUT2D eigenvalue weighted by molar-refractivity contribution is 0.0525. The average Bonchev–Trinajstić information content (AvgIpc) is 3.77. The summed E-state index contributed by atoms with van der Waals surface area (Å²) in [5, 5.41) is 16.8. The highest BCUT2D eigenvalue weighted by atomic mass is 79.9. The third kappa shape index (κ3) is 7.05. The normalized spacial score (nSPS) is 13.3. The van der Waals surface area contributed by atoms with Gasteiger partial charge in [0.05, 0.1) is 66.4 Å². The van der Waals surface area contributed by atoms with Gasteiger partial charge in [0.15, 0.2) is 23.0 Å². The van der Waals surface area contributed by atoms with E-state index in [4.69, 9.17) is 42.7 Å². The summed E-state index contributed by atoms with van der Waals surface area (Å²) >= 11 is 6.98. The number of nitrogens with one attached hydrogen (secondary N) is 1. The minimum atomic E-state index is -0.980. The van der Waals surface area contributed by atoms with Gasteiger partial charge >= 0.3 is 5.97 Å². The molecule has 1 atom stereocenters. The van der Waals surface area contributed by atoms with Gasteiger partial charge in [-0.25, -0.2) is 4.79 Å². The number of amides is 1. The fourth-order valence-electron chi connectivity index (χ4n) is 4.96. The number of fused-ring (bicyclic) bond motifs is 2. The predicted octanol–water partition coefficient (Wildman–Crippen LogP) is 5.09. The van der Waals surface area contributed by atoms with Gasteiger partial charge in [-0.15, -0.1) is 0 Å². The van der Waals surface area contributed by atoms with Crippen molar-refractivity contribution in [1.82, 2.24) is 5.32 Å². The molecule has 2 heterocycles. The molecule has 0 saturated heterocycles. The molecule has 0 saturated carbocycles. The fraction of sp³-hybridized carbons (Fsp3) is 0.344. The zero-order valence-corrected chi connectivity index (χ0v) is 29.3. The van der Waals surface area contributed by atoms with Crippen molar-refractivity contribution in [2.45, 2.75) is 19.4 Å². The van der Waals surface area contributed by atoms with Gasteiger partial charge in [-0.2, -0.15) is 0 Å². The summed E-state index contributed by atoms with van der Waals surface area (Å²) in [6, 6.07) is 8.39. The molecule has 2 aliphatic heterocycles. The van der Waals surface area contributed by atoms with Crippen LogP contribution in [0.5, 0.6) is 40.2 Å². The molecular weight excluding hydrogens is 764 g/mol. The molecule has 1 amide bonds. The summed E-state index contributed by atoms with van der Waals surface area (Å²) in [6.07, 6.45) is 1.81. The van der Waals surface area contributed by atoms with E-state index in [0.29, 0.717) is 13.0 Å². The van der Waals surface area contributed by atoms with Gasteiger partial charge in [-0.05, 0) is 50.9 Å². The van der Waals surface area contributed by atoms with Crippen LogP contribution in [0, 0.1) is 0 Å². The molecule has 0 aliphatic carbocycles. The zero-order valence-electron chi connectivity index (χ0n) is 26.1. The van der Waals surface area contributed by atoms with E-state index >= 15 is 0 Å². The maximum atomic E-state index is 14.2. The second kappa shape index (κ2) is 16.1. The number of esters is 1. The topological polar surface area (TPSA) is 162 Å². The van der Waals surface area contributed by atoms with Crippen LogP contribution in [-0.2, 0) is 9.57 Å². The van der Waals surface area contributed by atoms with Gasteiger partial charge in [0.2, 0.25) is 25.1 Å². The van der Waals surface area contributed by atoms with Crippen LogP contribution in [0.1, 0.15) is 34.1 Å². The van der Waals surface area contributed by atoms with Crippen LogP contribution in [0.25, 0.3) is 11.1 Å². The van der Waals surface area contributed by atoms with E-state index in [1.165, 1.54) is 20.4 Å². The van der Waals surface area contributed by atoms with Crippen molar-refractivity contribution in [3.8, 4) is 51.4 Å². The molecule has 3 aromatic carbocycles. The van der Waals surface area contributed by atoms with Crippen LogP contribution in [0.3, 0.4) is 0 Å². The van der Waals surface area contributed by atoms with Crippen molar-refractivity contribution in [2.24, 2.45) is 5.16 Å². The minimum Gasteiger partial charge on any atom is -0.493 e. The Morgan fingerprint density at radius 3 is 2.08 bits per heavy atom. The summed E-state index contributed by atoms with van der Waals surface area (Å²) in [7, 11) is 2.81. The Labute approximate surface area is 292 Å². The predicted molar refractivity (Wildman–Crippen MR) is 178 cm³/mol. The number of aliphatic hydroxyl groups is 1. The molecule has 3 aromatic rings. The quantitative estimate of drug-likeness (QED) is 0.0909. The number of aliphatic hydroxyl groups excluding tert-OH is 1. The van der Waals surface area contributed by atoms with Crippen LogP contribution < -0.4 is 38.5 Å². The number of hydrogen-bond donors (Lipinski definition) is 2. The summed E-state index contributed by atoms with van der Waals surface area (Å²) in [5.74, 6) is 0.201. The van der Waals surface area contributed by atoms with Crippen molar-refractivity contribution in [3.63, 3.8) is 0 Å². The molecule has 5 rings (SSSR count). The number of methoxy groups -OCH3 is 2. The first-order valence-electron chi connectivity index (χ1n) is 14.7. The molecular formula is C32H32Br2N2O12. The minimum absolute atomic E-state index is 0.0216. The van der Waals surface area contributed by atoms with E-state index in [2.05, 4.69) is 42.3 Å². The van der Waals surface area contributed by atoms with Gasteiger partial charge in [0.1, 0.15) is 12.4 Å². The number of hydrogen-bond acceptors (Lipinski definition) is 13. The van der Waals surface area contributed by atoms with Crippen LogP contribution >= 0.6 is 31.9 Å². The highest BCUT2D eigenvalue weighted by Gasteiger charge is 2.41. The summed E-state index contributed by atoms with van der Waals surface area (Å²) in [5.41, 5.74) is 0.150. The van der Waals surface area contributed by atoms with Crippen molar-refractivity contribution in [3.05, 3.63) is 50.4 Å². The largest absolute Gasteiger partial charge is 0.493 e. The molecule has 14 nitrogen and oxygen atoms in total. The highest BCUT2D eigenvalue weighted by Crippen LogP contribution is 2.60. The molecule has 256 valence electrons. The van der Waals surface area contributed by atoms with Crippen LogP contribution in [-0.4, -0.2) is 83.5 Å². The third-order valence-corrected chi connectivity index (χ3v) is 8.53. The number of halogens is 2. The molecule has 16 heteroatoms. The Hall–Kier alpha value is -4.41. The standard InChI is InChI=1S/C32H32Br2N2O12/c1-4-42-32(39)22-20(26-30(47-16-45-26)28(41-3)24(22)34)19-21(23(33)27(40-2)29-25(19)44-15-46-29)31(38)36-17(14-37)13-35-48-12-8-11-43-18-9-6-5-7-10-18/h5-7,9-10,13,17,37H,4,8,11-12,14-16H2,1-3H3,(H,36,38)/b35-13+. The Morgan fingerprint density at radius 2 is 1.50 bits per heavy atom. The van der Waals surface area contributed by atoms with Crippen molar-refractivity contribution >= 4 is 50.0 Å². The number of carbonyl (C=O) groups excluding carboxylic acids is 2. The second-order valence-corrected chi connectivity index (χ2v) is 11.5. The van der Waals surface area contributed by atoms with E-state index in [1.807, 2.05) is 30.3 Å². The molecule has 2 N–H and O–H groups in total. The highest BCUT2D eigenvalue weighted by molar-refractivity contribution is 9.11. The first kappa shape index (κ1) is 34.9. The van der Waals surface area contributed by atoms with Crippen LogP contribution in [0.15, 0.2) is 44.4 Å². The third-order valence-electron chi connectivity index (χ3n) is 7.02. The average molecular weight is 796 g/mol. The van der Waals surface area contributed by atoms with Crippen LogP contribution in [0.4, 0.5) is 0 Å². The lowest BCUT2D eigenvalue weighted by Crippen LogP contribution is -2.39. The van der Waals surface area contributed by atoms with E-state index in [9.17, 15) is 14.7 Å². The monoisotopic (exact) mass is 794 g/mol. The number of carbonyl (C=O) groups is 2. The SMILES string of the molecule is CCOC(=O)c1c(Br)c(OC)c2c(c1-c1c3c(c(OC)c(Br)c1C(=O)NC(/C=N/OCCCOc1ccccc1)CO)OCO3)OCO2.